The lowest BCUT2D eigenvalue weighted by molar-refractivity contribution is -0.127. The number of allylic oxidation sites excluding steroid dienone is 2. The summed E-state index contributed by atoms with van der Waals surface area (Å²) >= 11 is 0. The number of benzene rings is 1. The van der Waals surface area contributed by atoms with Crippen LogP contribution in [0.2, 0.25) is 0 Å². The van der Waals surface area contributed by atoms with Crippen molar-refractivity contribution >= 4 is 5.78 Å². The Kier molecular flexibility index (Phi) is 5.10. The van der Waals surface area contributed by atoms with Crippen LogP contribution in [0.3, 0.4) is 0 Å². The summed E-state index contributed by atoms with van der Waals surface area (Å²) in [5.74, 6) is 2.18. The first kappa shape index (κ1) is 18.5. The summed E-state index contributed by atoms with van der Waals surface area (Å²) in [5, 5.41) is 0. The molecule has 0 unspecified atom stereocenters. The van der Waals surface area contributed by atoms with Crippen molar-refractivity contribution < 1.29 is 23.7 Å². The summed E-state index contributed by atoms with van der Waals surface area (Å²) in [6, 6.07) is 5.80. The smallest absolute Gasteiger partial charge is 0.187 e. The van der Waals surface area contributed by atoms with Gasteiger partial charge in [0.05, 0.1) is 14.2 Å². The Hall–Kier alpha value is -2.27. The molecule has 3 rings (SSSR count). The van der Waals surface area contributed by atoms with Gasteiger partial charge in [-0.25, -0.2) is 0 Å². The van der Waals surface area contributed by atoms with Gasteiger partial charge in [-0.05, 0) is 30.5 Å². The van der Waals surface area contributed by atoms with E-state index in [9.17, 15) is 4.79 Å². The van der Waals surface area contributed by atoms with Crippen molar-refractivity contribution in [1.29, 1.82) is 0 Å². The fourth-order valence-corrected chi connectivity index (χ4v) is 4.20. The van der Waals surface area contributed by atoms with Crippen LogP contribution in [0.15, 0.2) is 42.7 Å². The fourth-order valence-electron chi connectivity index (χ4n) is 4.20. The molecular formula is C21H26O5. The molecule has 0 saturated carbocycles. The molecule has 1 aromatic carbocycles. The van der Waals surface area contributed by atoms with E-state index in [4.69, 9.17) is 18.9 Å². The third-order valence-corrected chi connectivity index (χ3v) is 5.74. The summed E-state index contributed by atoms with van der Waals surface area (Å²) in [4.78, 5) is 12.3. The highest BCUT2D eigenvalue weighted by atomic mass is 16.5. The molecule has 0 aromatic heterocycles. The number of ether oxygens (including phenoxy) is 4. The maximum absolute atomic E-state index is 12.3. The van der Waals surface area contributed by atoms with Gasteiger partial charge in [-0.2, -0.15) is 0 Å². The number of carbonyl (C=O) groups is 1. The molecule has 5 heteroatoms. The minimum Gasteiger partial charge on any atom is -0.493 e. The van der Waals surface area contributed by atoms with Crippen molar-refractivity contribution in [2.75, 3.05) is 21.3 Å². The van der Waals surface area contributed by atoms with Gasteiger partial charge in [0.25, 0.3) is 0 Å². The Morgan fingerprint density at radius 1 is 1.27 bits per heavy atom. The number of methoxy groups -OCH3 is 3. The zero-order valence-electron chi connectivity index (χ0n) is 15.8. The Bertz CT molecular complexity index is 738. The van der Waals surface area contributed by atoms with Crippen molar-refractivity contribution in [3.05, 3.63) is 48.3 Å². The third kappa shape index (κ3) is 2.80. The van der Waals surface area contributed by atoms with E-state index in [1.54, 1.807) is 27.4 Å². The quantitative estimate of drug-likeness (QED) is 0.723. The topological polar surface area (TPSA) is 54.0 Å². The highest BCUT2D eigenvalue weighted by Crippen LogP contribution is 2.59. The molecule has 0 N–H and O–H groups in total. The molecule has 140 valence electrons. The summed E-state index contributed by atoms with van der Waals surface area (Å²) < 4.78 is 22.5. The molecule has 5 nitrogen and oxygen atoms in total. The number of carbonyl (C=O) groups excluding carboxylic acids is 1. The molecule has 1 saturated heterocycles. The van der Waals surface area contributed by atoms with E-state index in [-0.39, 0.29) is 23.2 Å². The van der Waals surface area contributed by atoms with Crippen LogP contribution in [0, 0.1) is 11.3 Å². The van der Waals surface area contributed by atoms with Crippen LogP contribution in [-0.2, 0) is 14.3 Å². The van der Waals surface area contributed by atoms with E-state index in [0.717, 1.165) is 17.7 Å². The molecule has 1 aliphatic heterocycles. The van der Waals surface area contributed by atoms with Crippen LogP contribution in [0.25, 0.3) is 0 Å². The molecule has 1 fully saturated rings. The Morgan fingerprint density at radius 3 is 2.62 bits per heavy atom. The molecule has 0 bridgehead atoms. The van der Waals surface area contributed by atoms with E-state index in [1.807, 2.05) is 24.3 Å². The van der Waals surface area contributed by atoms with E-state index >= 15 is 0 Å². The number of fused-ring (bicyclic) bond motifs is 1. The van der Waals surface area contributed by atoms with Gasteiger partial charge in [-0.3, -0.25) is 4.79 Å². The average molecular weight is 358 g/mol. The van der Waals surface area contributed by atoms with Crippen LogP contribution >= 0.6 is 0 Å². The SMILES string of the molecule is C=CC[C@]12C[C@@H](OC)C(=O)C=C1O[C@@H](c1ccc(OC)c(OC)c1)[C@H]2C. The maximum atomic E-state index is 12.3. The normalized spacial score (nSPS) is 30.2. The minimum absolute atomic E-state index is 0.0395. The molecule has 1 aliphatic carbocycles. The standard InChI is InChI=1S/C21H26O5/c1-6-9-21-12-18(25-5)15(22)11-19(21)26-20(13(21)2)14-7-8-16(23-3)17(10-14)24-4/h6-8,10-11,13,18,20H,1,9,12H2,2-5H3/t13-,18-,20-,21-/m1/s1. The second kappa shape index (κ2) is 7.16. The Labute approximate surface area is 154 Å². The van der Waals surface area contributed by atoms with Gasteiger partial charge in [0.15, 0.2) is 17.3 Å². The number of hydrogen-bond acceptors (Lipinski definition) is 5. The van der Waals surface area contributed by atoms with Gasteiger partial charge in [-0.15, -0.1) is 6.58 Å². The molecule has 4 atom stereocenters. The van der Waals surface area contributed by atoms with Crippen LogP contribution in [-0.4, -0.2) is 33.2 Å². The fraction of sp³-hybridized carbons (Fsp3) is 0.476. The Balaban J connectivity index is 2.02. The molecule has 2 aliphatic rings. The van der Waals surface area contributed by atoms with Gasteiger partial charge in [0.1, 0.15) is 18.0 Å². The van der Waals surface area contributed by atoms with Gasteiger partial charge < -0.3 is 18.9 Å². The molecule has 1 aromatic rings. The minimum atomic E-state index is -0.436. The van der Waals surface area contributed by atoms with Crippen LogP contribution in [0.5, 0.6) is 11.5 Å². The highest BCUT2D eigenvalue weighted by Gasteiger charge is 2.55. The molecule has 0 radical (unpaired) electrons. The van der Waals surface area contributed by atoms with Crippen molar-refractivity contribution in [3.63, 3.8) is 0 Å². The highest BCUT2D eigenvalue weighted by molar-refractivity contribution is 5.95. The molecule has 0 amide bonds. The average Bonchev–Trinajstić information content (AvgIpc) is 2.93. The predicted molar refractivity (Wildman–Crippen MR) is 98.3 cm³/mol. The van der Waals surface area contributed by atoms with Gasteiger partial charge >= 0.3 is 0 Å². The maximum Gasteiger partial charge on any atom is 0.187 e. The van der Waals surface area contributed by atoms with Crippen molar-refractivity contribution in [3.8, 4) is 11.5 Å². The number of hydrogen-bond donors (Lipinski definition) is 0. The molecule has 1 heterocycles. The van der Waals surface area contributed by atoms with Crippen molar-refractivity contribution in [1.82, 2.24) is 0 Å². The predicted octanol–water partition coefficient (Wildman–Crippen LogP) is 3.85. The summed E-state index contributed by atoms with van der Waals surface area (Å²) in [6.07, 6.45) is 4.23. The third-order valence-electron chi connectivity index (χ3n) is 5.74. The first-order chi connectivity index (χ1) is 12.5. The second-order valence-corrected chi connectivity index (χ2v) is 6.93. The number of ketones is 1. The van der Waals surface area contributed by atoms with Crippen LogP contribution in [0.4, 0.5) is 0 Å². The van der Waals surface area contributed by atoms with Crippen LogP contribution < -0.4 is 9.47 Å². The van der Waals surface area contributed by atoms with Crippen molar-refractivity contribution in [2.24, 2.45) is 11.3 Å². The lowest BCUT2D eigenvalue weighted by Gasteiger charge is -2.37. The lowest BCUT2D eigenvalue weighted by Crippen LogP contribution is -2.39. The summed E-state index contributed by atoms with van der Waals surface area (Å²) in [6.45, 7) is 6.08. The first-order valence-electron chi connectivity index (χ1n) is 8.79. The first-order valence-corrected chi connectivity index (χ1v) is 8.79. The zero-order chi connectivity index (χ0) is 18.9. The van der Waals surface area contributed by atoms with E-state index in [0.29, 0.717) is 17.9 Å². The monoisotopic (exact) mass is 358 g/mol. The molecular weight excluding hydrogens is 332 g/mol. The summed E-state index contributed by atoms with van der Waals surface area (Å²) in [7, 11) is 4.81. The molecule has 0 spiro atoms. The molecule has 26 heavy (non-hydrogen) atoms. The summed E-state index contributed by atoms with van der Waals surface area (Å²) in [5.41, 5.74) is 0.712. The van der Waals surface area contributed by atoms with Gasteiger partial charge in [0.2, 0.25) is 0 Å². The van der Waals surface area contributed by atoms with Crippen LogP contribution in [0.1, 0.15) is 31.4 Å². The Morgan fingerprint density at radius 2 is 2.00 bits per heavy atom. The second-order valence-electron chi connectivity index (χ2n) is 6.93. The zero-order valence-corrected chi connectivity index (χ0v) is 15.8. The lowest BCUT2D eigenvalue weighted by atomic mass is 9.65. The van der Waals surface area contributed by atoms with Gasteiger partial charge in [0, 0.05) is 24.5 Å². The van der Waals surface area contributed by atoms with E-state index in [2.05, 4.69) is 13.5 Å². The van der Waals surface area contributed by atoms with Crippen molar-refractivity contribution in [2.45, 2.75) is 32.0 Å². The largest absolute Gasteiger partial charge is 0.493 e. The number of rotatable bonds is 6. The van der Waals surface area contributed by atoms with E-state index in [1.165, 1.54) is 0 Å². The van der Waals surface area contributed by atoms with E-state index < -0.39 is 6.10 Å². The van der Waals surface area contributed by atoms with Gasteiger partial charge in [-0.1, -0.05) is 19.1 Å².